The van der Waals surface area contributed by atoms with Crippen LogP contribution in [0.1, 0.15) is 23.6 Å². The van der Waals surface area contributed by atoms with Crippen LogP contribution in [0.3, 0.4) is 0 Å². The zero-order chi connectivity index (χ0) is 15.9. The molecule has 0 radical (unpaired) electrons. The topological polar surface area (TPSA) is 41.8 Å². The second-order valence-electron chi connectivity index (χ2n) is 5.05. The molecule has 0 aliphatic carbocycles. The van der Waals surface area contributed by atoms with Gasteiger partial charge in [-0.1, -0.05) is 18.2 Å². The predicted octanol–water partition coefficient (Wildman–Crippen LogP) is 4.58. The van der Waals surface area contributed by atoms with Crippen LogP contribution in [0.15, 0.2) is 54.0 Å². The molecule has 114 valence electrons. The SMILES string of the molecule is C=CCc1cc(C=Nc2cccc(C)c2)cc(OCC)c1O. The fourth-order valence-corrected chi connectivity index (χ4v) is 2.20. The Balaban J connectivity index is 2.35. The van der Waals surface area contributed by atoms with Gasteiger partial charge in [0.05, 0.1) is 12.3 Å². The van der Waals surface area contributed by atoms with Gasteiger partial charge in [-0.2, -0.15) is 0 Å². The van der Waals surface area contributed by atoms with Gasteiger partial charge in [0, 0.05) is 11.8 Å². The van der Waals surface area contributed by atoms with Gasteiger partial charge in [-0.15, -0.1) is 6.58 Å². The summed E-state index contributed by atoms with van der Waals surface area (Å²) in [6, 6.07) is 11.7. The number of aromatic hydroxyl groups is 1. The number of hydrogen-bond acceptors (Lipinski definition) is 3. The van der Waals surface area contributed by atoms with Crippen molar-refractivity contribution in [3.05, 3.63) is 65.7 Å². The molecule has 0 unspecified atom stereocenters. The third-order valence-corrected chi connectivity index (χ3v) is 3.20. The lowest BCUT2D eigenvalue weighted by atomic mass is 10.1. The summed E-state index contributed by atoms with van der Waals surface area (Å²) in [6.45, 7) is 8.15. The lowest BCUT2D eigenvalue weighted by molar-refractivity contribution is 0.317. The maximum absolute atomic E-state index is 10.2. The lowest BCUT2D eigenvalue weighted by Gasteiger charge is -2.10. The summed E-state index contributed by atoms with van der Waals surface area (Å²) in [5.74, 6) is 0.655. The highest BCUT2D eigenvalue weighted by molar-refractivity contribution is 5.83. The Labute approximate surface area is 131 Å². The van der Waals surface area contributed by atoms with E-state index in [0.29, 0.717) is 18.8 Å². The normalized spacial score (nSPS) is 10.8. The largest absolute Gasteiger partial charge is 0.504 e. The zero-order valence-corrected chi connectivity index (χ0v) is 13.0. The highest BCUT2D eigenvalue weighted by Crippen LogP contribution is 2.32. The first-order valence-electron chi connectivity index (χ1n) is 7.34. The van der Waals surface area contributed by atoms with E-state index in [2.05, 4.69) is 11.6 Å². The summed E-state index contributed by atoms with van der Waals surface area (Å²) >= 11 is 0. The van der Waals surface area contributed by atoms with E-state index in [1.54, 1.807) is 18.4 Å². The van der Waals surface area contributed by atoms with E-state index < -0.39 is 0 Å². The molecule has 1 N–H and O–H groups in total. The Morgan fingerprint density at radius 2 is 2.09 bits per heavy atom. The number of benzene rings is 2. The van der Waals surface area contributed by atoms with E-state index in [4.69, 9.17) is 4.74 Å². The van der Waals surface area contributed by atoms with Crippen molar-refractivity contribution < 1.29 is 9.84 Å². The summed E-state index contributed by atoms with van der Waals surface area (Å²) in [5.41, 5.74) is 3.74. The molecule has 0 spiro atoms. The van der Waals surface area contributed by atoms with Crippen molar-refractivity contribution in [1.82, 2.24) is 0 Å². The van der Waals surface area contributed by atoms with Crippen molar-refractivity contribution in [2.75, 3.05) is 6.61 Å². The van der Waals surface area contributed by atoms with Gasteiger partial charge in [-0.25, -0.2) is 0 Å². The van der Waals surface area contributed by atoms with Gasteiger partial charge >= 0.3 is 0 Å². The van der Waals surface area contributed by atoms with Crippen LogP contribution in [0.4, 0.5) is 5.69 Å². The van der Waals surface area contributed by atoms with E-state index in [1.807, 2.05) is 44.2 Å². The number of phenols is 1. The van der Waals surface area contributed by atoms with Gasteiger partial charge in [0.25, 0.3) is 0 Å². The van der Waals surface area contributed by atoms with E-state index in [9.17, 15) is 5.11 Å². The Hall–Kier alpha value is -2.55. The summed E-state index contributed by atoms with van der Waals surface area (Å²) in [6.07, 6.45) is 4.12. The number of ether oxygens (including phenoxy) is 1. The van der Waals surface area contributed by atoms with Gasteiger partial charge < -0.3 is 9.84 Å². The average molecular weight is 295 g/mol. The van der Waals surface area contributed by atoms with Crippen LogP contribution in [-0.4, -0.2) is 17.9 Å². The molecule has 0 atom stereocenters. The van der Waals surface area contributed by atoms with E-state index in [1.165, 1.54) is 5.56 Å². The van der Waals surface area contributed by atoms with Crippen molar-refractivity contribution in [2.24, 2.45) is 4.99 Å². The smallest absolute Gasteiger partial charge is 0.161 e. The highest BCUT2D eigenvalue weighted by atomic mass is 16.5. The van der Waals surface area contributed by atoms with Gasteiger partial charge in [0.1, 0.15) is 0 Å². The molecule has 2 rings (SSSR count). The third kappa shape index (κ3) is 3.98. The second-order valence-corrected chi connectivity index (χ2v) is 5.05. The first-order chi connectivity index (χ1) is 10.6. The van der Waals surface area contributed by atoms with Crippen molar-refractivity contribution in [3.8, 4) is 11.5 Å². The van der Waals surface area contributed by atoms with Crippen LogP contribution in [0, 0.1) is 6.92 Å². The van der Waals surface area contributed by atoms with Crippen LogP contribution in [-0.2, 0) is 6.42 Å². The number of aliphatic imine (C=N–C) groups is 1. The molecule has 0 heterocycles. The first kappa shape index (κ1) is 15.8. The summed E-state index contributed by atoms with van der Waals surface area (Å²) in [4.78, 5) is 4.48. The summed E-state index contributed by atoms with van der Waals surface area (Å²) in [5, 5.41) is 10.2. The Kier molecular flexibility index (Phi) is 5.37. The molecule has 2 aromatic carbocycles. The Bertz CT molecular complexity index is 690. The molecule has 0 saturated carbocycles. The number of nitrogens with zero attached hydrogens (tertiary/aromatic N) is 1. The van der Waals surface area contributed by atoms with E-state index in [0.717, 1.165) is 16.8 Å². The maximum atomic E-state index is 10.2. The maximum Gasteiger partial charge on any atom is 0.161 e. The molecule has 3 nitrogen and oxygen atoms in total. The Morgan fingerprint density at radius 1 is 1.27 bits per heavy atom. The molecule has 0 aromatic heterocycles. The second kappa shape index (κ2) is 7.46. The van der Waals surface area contributed by atoms with Gasteiger partial charge in [-0.05, 0) is 55.7 Å². The van der Waals surface area contributed by atoms with Crippen molar-refractivity contribution in [1.29, 1.82) is 0 Å². The van der Waals surface area contributed by atoms with Crippen LogP contribution in [0.2, 0.25) is 0 Å². The molecular formula is C19H21NO2. The van der Waals surface area contributed by atoms with Crippen molar-refractivity contribution >= 4 is 11.9 Å². The van der Waals surface area contributed by atoms with Crippen LogP contribution in [0.25, 0.3) is 0 Å². The lowest BCUT2D eigenvalue weighted by Crippen LogP contribution is -1.96. The van der Waals surface area contributed by atoms with Gasteiger partial charge in [-0.3, -0.25) is 4.99 Å². The number of hydrogen-bond donors (Lipinski definition) is 1. The van der Waals surface area contributed by atoms with Gasteiger partial charge in [0.2, 0.25) is 0 Å². The summed E-state index contributed by atoms with van der Waals surface area (Å²) < 4.78 is 5.49. The zero-order valence-electron chi connectivity index (χ0n) is 13.0. The highest BCUT2D eigenvalue weighted by Gasteiger charge is 2.09. The van der Waals surface area contributed by atoms with E-state index in [-0.39, 0.29) is 5.75 Å². The van der Waals surface area contributed by atoms with Crippen LogP contribution in [0.5, 0.6) is 11.5 Å². The Morgan fingerprint density at radius 3 is 2.77 bits per heavy atom. The predicted molar refractivity (Wildman–Crippen MR) is 91.6 cm³/mol. The molecule has 2 aromatic rings. The fourth-order valence-electron chi connectivity index (χ4n) is 2.20. The minimum absolute atomic E-state index is 0.175. The van der Waals surface area contributed by atoms with Crippen LogP contribution >= 0.6 is 0 Å². The van der Waals surface area contributed by atoms with E-state index >= 15 is 0 Å². The monoisotopic (exact) mass is 295 g/mol. The van der Waals surface area contributed by atoms with Gasteiger partial charge in [0.15, 0.2) is 11.5 Å². The number of aryl methyl sites for hydroxylation is 1. The molecule has 0 bridgehead atoms. The quantitative estimate of drug-likeness (QED) is 0.626. The molecule has 0 amide bonds. The summed E-state index contributed by atoms with van der Waals surface area (Å²) in [7, 11) is 0. The minimum Gasteiger partial charge on any atom is -0.504 e. The molecule has 0 aliphatic rings. The molecule has 3 heteroatoms. The number of allylic oxidation sites excluding steroid dienone is 1. The minimum atomic E-state index is 0.175. The molecule has 0 aliphatic heterocycles. The molecule has 0 fully saturated rings. The van der Waals surface area contributed by atoms with Crippen molar-refractivity contribution in [3.63, 3.8) is 0 Å². The molecule has 22 heavy (non-hydrogen) atoms. The fraction of sp³-hybridized carbons (Fsp3) is 0.211. The van der Waals surface area contributed by atoms with Crippen LogP contribution < -0.4 is 4.74 Å². The molecule has 0 saturated heterocycles. The average Bonchev–Trinajstić information content (AvgIpc) is 2.50. The number of phenolic OH excluding ortho intramolecular Hbond substituents is 1. The first-order valence-corrected chi connectivity index (χ1v) is 7.34. The standard InChI is InChI=1S/C19H21NO2/c1-4-7-16-11-15(12-18(19(16)21)22-5-2)13-20-17-9-6-8-14(3)10-17/h4,6,8-13,21H,1,5,7H2,2-3H3. The molecular weight excluding hydrogens is 274 g/mol. The number of rotatable bonds is 6. The third-order valence-electron chi connectivity index (χ3n) is 3.20. The van der Waals surface area contributed by atoms with Crippen molar-refractivity contribution in [2.45, 2.75) is 20.3 Å².